The summed E-state index contributed by atoms with van der Waals surface area (Å²) in [5, 5.41) is 121. The Balaban J connectivity index is 1.38. The zero-order valence-corrected chi connectivity index (χ0v) is 55.2. The lowest BCUT2D eigenvalue weighted by Gasteiger charge is -2.48. The largest absolute Gasteiger partial charge is 0.394 e. The summed E-state index contributed by atoms with van der Waals surface area (Å²) < 4.78 is 34.4. The molecular formula is C69H133NO18. The van der Waals surface area contributed by atoms with Gasteiger partial charge in [0.05, 0.1) is 38.6 Å². The van der Waals surface area contributed by atoms with Gasteiger partial charge in [-0.15, -0.1) is 0 Å². The molecule has 3 saturated heterocycles. The van der Waals surface area contributed by atoms with Crippen LogP contribution in [0, 0.1) is 0 Å². The van der Waals surface area contributed by atoms with Gasteiger partial charge in [-0.3, -0.25) is 4.79 Å². The van der Waals surface area contributed by atoms with E-state index >= 15 is 0 Å². The van der Waals surface area contributed by atoms with Crippen LogP contribution in [-0.4, -0.2) is 193 Å². The normalized spacial score (nSPS) is 28.3. The summed E-state index contributed by atoms with van der Waals surface area (Å²) in [6.07, 6.45) is 29.1. The molecule has 17 atom stereocenters. The second-order valence-electron chi connectivity index (χ2n) is 26.4. The van der Waals surface area contributed by atoms with Crippen LogP contribution >= 0.6 is 0 Å². The molecule has 0 aromatic carbocycles. The summed E-state index contributed by atoms with van der Waals surface area (Å²) in [5.41, 5.74) is 0. The van der Waals surface area contributed by atoms with Gasteiger partial charge >= 0.3 is 0 Å². The number of hydrogen-bond donors (Lipinski definition) is 12. The highest BCUT2D eigenvalue weighted by Gasteiger charge is 2.53. The number of ether oxygens (including phenoxy) is 6. The van der Waals surface area contributed by atoms with Crippen LogP contribution in [0.4, 0.5) is 0 Å². The van der Waals surface area contributed by atoms with E-state index in [2.05, 4.69) is 19.2 Å². The van der Waals surface area contributed by atoms with E-state index in [9.17, 15) is 61.0 Å². The average molecular weight is 1260 g/mol. The van der Waals surface area contributed by atoms with E-state index < -0.39 is 124 Å². The highest BCUT2D eigenvalue weighted by Crippen LogP contribution is 2.33. The van der Waals surface area contributed by atoms with Gasteiger partial charge in [-0.2, -0.15) is 0 Å². The van der Waals surface area contributed by atoms with E-state index in [-0.39, 0.29) is 18.9 Å². The van der Waals surface area contributed by atoms with E-state index in [1.807, 2.05) is 0 Å². The van der Waals surface area contributed by atoms with Crippen LogP contribution in [0.2, 0.25) is 0 Å². The molecule has 3 rings (SSSR count). The van der Waals surface area contributed by atoms with Crippen molar-refractivity contribution in [2.45, 2.75) is 407 Å². The molecule has 0 aliphatic carbocycles. The lowest BCUT2D eigenvalue weighted by Crippen LogP contribution is -2.66. The third-order valence-electron chi connectivity index (χ3n) is 18.7. The molecule has 0 aromatic heterocycles. The first-order chi connectivity index (χ1) is 42.8. The zero-order chi connectivity index (χ0) is 64.0. The Morgan fingerprint density at radius 3 is 0.989 bits per heavy atom. The Kier molecular flexibility index (Phi) is 48.0. The van der Waals surface area contributed by atoms with E-state index in [0.29, 0.717) is 12.8 Å². The van der Waals surface area contributed by atoms with Gasteiger partial charge in [-0.1, -0.05) is 284 Å². The second kappa shape index (κ2) is 52.1. The maximum absolute atomic E-state index is 13.4. The smallest absolute Gasteiger partial charge is 0.220 e. The van der Waals surface area contributed by atoms with E-state index in [0.717, 1.165) is 44.9 Å². The van der Waals surface area contributed by atoms with Crippen molar-refractivity contribution in [3.8, 4) is 0 Å². The van der Waals surface area contributed by atoms with E-state index in [1.165, 1.54) is 225 Å². The molecule has 0 spiro atoms. The fraction of sp³-hybridized carbons (Fsp3) is 0.986. The molecule has 0 radical (unpaired) electrons. The third-order valence-corrected chi connectivity index (χ3v) is 18.7. The second-order valence-corrected chi connectivity index (χ2v) is 26.4. The standard InChI is InChI=1S/C69H133NO18/c1-3-5-7-9-11-13-15-17-19-20-21-22-23-24-25-26-27-28-29-30-31-32-33-34-36-38-40-42-44-46-53(74)52(70-57(75)47-45-43-41-39-37-35-18-16-14-12-10-8-6-4-2)51-83-67-63(81)60(78)65(55(49-72)85-67)88-69-64(82)61(79)66(56(50-73)86-69)87-68-62(80)59(77)58(76)54(48-71)84-68/h52-56,58-69,71-74,76-82H,3-51H2,1-2H3,(H,70,75). The minimum atomic E-state index is -1.97. The molecule has 1 amide bonds. The topological polar surface area (TPSA) is 307 Å². The Hall–Kier alpha value is -1.21. The number of hydrogen-bond acceptors (Lipinski definition) is 18. The van der Waals surface area contributed by atoms with Crippen LogP contribution in [0.1, 0.15) is 303 Å². The number of aliphatic hydroxyl groups excluding tert-OH is 11. The molecule has 522 valence electrons. The lowest BCUT2D eigenvalue weighted by atomic mass is 9.96. The molecule has 0 aromatic rings. The average Bonchev–Trinajstić information content (AvgIpc) is 2.71. The highest BCUT2D eigenvalue weighted by atomic mass is 16.8. The molecule has 12 N–H and O–H groups in total. The van der Waals surface area contributed by atoms with E-state index in [4.69, 9.17) is 28.4 Å². The van der Waals surface area contributed by atoms with Crippen molar-refractivity contribution in [3.63, 3.8) is 0 Å². The minimum Gasteiger partial charge on any atom is -0.394 e. The molecule has 3 aliphatic rings. The fourth-order valence-electron chi connectivity index (χ4n) is 12.8. The molecule has 19 heteroatoms. The Morgan fingerprint density at radius 1 is 0.364 bits per heavy atom. The molecule has 88 heavy (non-hydrogen) atoms. The van der Waals surface area contributed by atoms with Crippen LogP contribution in [-0.2, 0) is 33.2 Å². The molecule has 19 nitrogen and oxygen atoms in total. The van der Waals surface area contributed by atoms with Crippen molar-refractivity contribution >= 4 is 5.91 Å². The highest BCUT2D eigenvalue weighted by molar-refractivity contribution is 5.76. The number of nitrogens with one attached hydrogen (secondary N) is 1. The Labute approximate surface area is 532 Å². The minimum absolute atomic E-state index is 0.237. The maximum atomic E-state index is 13.4. The summed E-state index contributed by atoms with van der Waals surface area (Å²) in [7, 11) is 0. The van der Waals surface area contributed by atoms with Crippen LogP contribution < -0.4 is 5.32 Å². The number of aliphatic hydroxyl groups is 11. The number of carbonyl (C=O) groups is 1. The van der Waals surface area contributed by atoms with Crippen molar-refractivity contribution < 1.29 is 89.4 Å². The molecule has 0 saturated carbocycles. The lowest BCUT2D eigenvalue weighted by molar-refractivity contribution is -0.379. The molecular weight excluding hydrogens is 1130 g/mol. The summed E-state index contributed by atoms with van der Waals surface area (Å²) >= 11 is 0. The number of amides is 1. The summed E-state index contributed by atoms with van der Waals surface area (Å²) in [5.74, 6) is -0.237. The van der Waals surface area contributed by atoms with Gasteiger partial charge < -0.3 is 89.9 Å². The van der Waals surface area contributed by atoms with Crippen molar-refractivity contribution in [3.05, 3.63) is 0 Å². The fourth-order valence-corrected chi connectivity index (χ4v) is 12.8. The first-order valence-corrected chi connectivity index (χ1v) is 36.3. The van der Waals surface area contributed by atoms with Gasteiger partial charge in [0.25, 0.3) is 0 Å². The SMILES string of the molecule is CCCCCCCCCCCCCCCCCCCCCCCCCCCCCCCC(O)C(COC1OC(CO)C(OC2OC(CO)C(OC3OC(CO)C(O)C(O)C3O)C(O)C2O)C(O)C1O)NC(=O)CCCCCCCCCCCCCCCC. The molecule has 0 bridgehead atoms. The molecule has 17 unspecified atom stereocenters. The monoisotopic (exact) mass is 1260 g/mol. The van der Waals surface area contributed by atoms with Crippen LogP contribution in [0.3, 0.4) is 0 Å². The summed E-state index contributed by atoms with van der Waals surface area (Å²) in [4.78, 5) is 13.4. The van der Waals surface area contributed by atoms with Gasteiger partial charge in [-0.05, 0) is 12.8 Å². The number of unbranched alkanes of at least 4 members (excludes halogenated alkanes) is 41. The molecule has 3 fully saturated rings. The molecule has 3 aliphatic heterocycles. The third kappa shape index (κ3) is 33.8. The van der Waals surface area contributed by atoms with Crippen molar-refractivity contribution in [2.24, 2.45) is 0 Å². The number of carbonyl (C=O) groups excluding carboxylic acids is 1. The summed E-state index contributed by atoms with van der Waals surface area (Å²) in [6.45, 7) is 1.84. The first-order valence-electron chi connectivity index (χ1n) is 36.3. The van der Waals surface area contributed by atoms with Crippen molar-refractivity contribution in [2.75, 3.05) is 26.4 Å². The van der Waals surface area contributed by atoms with Gasteiger partial charge in [0.1, 0.15) is 73.2 Å². The number of rotatable bonds is 57. The van der Waals surface area contributed by atoms with Crippen LogP contribution in [0.15, 0.2) is 0 Å². The van der Waals surface area contributed by atoms with Gasteiger partial charge in [-0.25, -0.2) is 0 Å². The van der Waals surface area contributed by atoms with Crippen molar-refractivity contribution in [1.82, 2.24) is 5.32 Å². The van der Waals surface area contributed by atoms with Crippen LogP contribution in [0.5, 0.6) is 0 Å². The Morgan fingerprint density at radius 2 is 0.648 bits per heavy atom. The first kappa shape index (κ1) is 81.0. The predicted molar refractivity (Wildman–Crippen MR) is 342 cm³/mol. The van der Waals surface area contributed by atoms with Gasteiger partial charge in [0.2, 0.25) is 5.91 Å². The quantitative estimate of drug-likeness (QED) is 0.0252. The predicted octanol–water partition coefficient (Wildman–Crippen LogP) is 9.89. The van der Waals surface area contributed by atoms with Crippen molar-refractivity contribution in [1.29, 1.82) is 0 Å². The molecule has 3 heterocycles. The van der Waals surface area contributed by atoms with Gasteiger partial charge in [0, 0.05) is 6.42 Å². The zero-order valence-electron chi connectivity index (χ0n) is 55.2. The maximum Gasteiger partial charge on any atom is 0.220 e. The van der Waals surface area contributed by atoms with Gasteiger partial charge in [0.15, 0.2) is 18.9 Å². The summed E-state index contributed by atoms with van der Waals surface area (Å²) in [6, 6.07) is -0.881. The van der Waals surface area contributed by atoms with E-state index in [1.54, 1.807) is 0 Å². The Bertz CT molecular complexity index is 1600. The van der Waals surface area contributed by atoms with Crippen LogP contribution in [0.25, 0.3) is 0 Å².